The maximum Gasteiger partial charge on any atom is 0.232 e. The summed E-state index contributed by atoms with van der Waals surface area (Å²) in [6.07, 6.45) is 6.11. The van der Waals surface area contributed by atoms with Gasteiger partial charge in [0.2, 0.25) is 11.6 Å². The van der Waals surface area contributed by atoms with Crippen LogP contribution in [-0.4, -0.2) is 64.3 Å². The van der Waals surface area contributed by atoms with Gasteiger partial charge in [0.25, 0.3) is 0 Å². The lowest BCUT2D eigenvalue weighted by Crippen LogP contribution is -2.44. The number of aliphatic hydroxyl groups excluding tert-OH is 1. The van der Waals surface area contributed by atoms with Crippen LogP contribution in [0.3, 0.4) is 0 Å². The zero-order chi connectivity index (χ0) is 26.9. The van der Waals surface area contributed by atoms with Gasteiger partial charge in [-0.25, -0.2) is 19.3 Å². The minimum atomic E-state index is -0.317. The lowest BCUT2D eigenvalue weighted by molar-refractivity contribution is -0.119. The van der Waals surface area contributed by atoms with E-state index in [1.165, 1.54) is 18.5 Å². The first kappa shape index (κ1) is 25.2. The van der Waals surface area contributed by atoms with Crippen molar-refractivity contribution in [3.8, 4) is 22.5 Å². The lowest BCUT2D eigenvalue weighted by atomic mass is 9.99. The number of piperidine rings is 2. The van der Waals surface area contributed by atoms with Gasteiger partial charge in [0, 0.05) is 56.5 Å². The Bertz CT molecular complexity index is 1460. The van der Waals surface area contributed by atoms with Crippen LogP contribution >= 0.6 is 0 Å². The fourth-order valence-corrected chi connectivity index (χ4v) is 5.58. The van der Waals surface area contributed by atoms with Crippen LogP contribution in [0.2, 0.25) is 0 Å². The SMILES string of the molecule is CC(=O)NC1CCN(c2ncnc3oc(-c4ccc(N5CCC(O)CC5)nc4)c(-c4ccc(F)cc4)c23)CC1. The minimum absolute atomic E-state index is 0.0199. The summed E-state index contributed by atoms with van der Waals surface area (Å²) in [5.74, 6) is 1.87. The van der Waals surface area contributed by atoms with Crippen molar-refractivity contribution in [2.24, 2.45) is 0 Å². The molecule has 2 aliphatic rings. The van der Waals surface area contributed by atoms with E-state index in [1.807, 2.05) is 12.1 Å². The monoisotopic (exact) mass is 530 g/mol. The van der Waals surface area contributed by atoms with E-state index in [0.29, 0.717) is 11.5 Å². The smallest absolute Gasteiger partial charge is 0.232 e. The van der Waals surface area contributed by atoms with E-state index in [4.69, 9.17) is 9.40 Å². The number of nitrogens with one attached hydrogen (secondary N) is 1. The molecule has 0 bridgehead atoms. The van der Waals surface area contributed by atoms with Gasteiger partial charge in [-0.05, 0) is 55.5 Å². The molecular formula is C29H31FN6O3. The molecule has 10 heteroatoms. The second kappa shape index (κ2) is 10.6. The van der Waals surface area contributed by atoms with Crippen LogP contribution < -0.4 is 15.1 Å². The quantitative estimate of drug-likeness (QED) is 0.396. The average Bonchev–Trinajstić information content (AvgIpc) is 3.34. The Hall–Kier alpha value is -4.05. The molecule has 6 rings (SSSR count). The van der Waals surface area contributed by atoms with Gasteiger partial charge in [-0.2, -0.15) is 0 Å². The first-order valence-corrected chi connectivity index (χ1v) is 13.4. The van der Waals surface area contributed by atoms with Gasteiger partial charge in [0.1, 0.15) is 29.5 Å². The van der Waals surface area contributed by atoms with Crippen molar-refractivity contribution in [2.75, 3.05) is 36.0 Å². The van der Waals surface area contributed by atoms with Crippen LogP contribution in [-0.2, 0) is 4.79 Å². The number of pyridine rings is 1. The minimum Gasteiger partial charge on any atom is -0.437 e. The number of benzene rings is 1. The third kappa shape index (κ3) is 5.16. The predicted octanol–water partition coefficient (Wildman–Crippen LogP) is 4.16. The highest BCUT2D eigenvalue weighted by Gasteiger charge is 2.28. The highest BCUT2D eigenvalue weighted by Crippen LogP contribution is 2.44. The summed E-state index contributed by atoms with van der Waals surface area (Å²) in [5.41, 5.74) is 2.82. The van der Waals surface area contributed by atoms with Crippen molar-refractivity contribution in [3.63, 3.8) is 0 Å². The number of halogens is 1. The Morgan fingerprint density at radius 1 is 0.949 bits per heavy atom. The molecule has 5 heterocycles. The predicted molar refractivity (Wildman–Crippen MR) is 147 cm³/mol. The number of amides is 1. The van der Waals surface area contributed by atoms with Crippen LogP contribution in [0.1, 0.15) is 32.6 Å². The van der Waals surface area contributed by atoms with E-state index in [1.54, 1.807) is 25.3 Å². The molecule has 2 N–H and O–H groups in total. The van der Waals surface area contributed by atoms with Crippen molar-refractivity contribution >= 4 is 28.6 Å². The fourth-order valence-electron chi connectivity index (χ4n) is 5.58. The Morgan fingerprint density at radius 3 is 2.31 bits per heavy atom. The van der Waals surface area contributed by atoms with Gasteiger partial charge in [-0.3, -0.25) is 4.79 Å². The van der Waals surface area contributed by atoms with Gasteiger partial charge in [-0.1, -0.05) is 12.1 Å². The molecule has 0 radical (unpaired) electrons. The maximum absolute atomic E-state index is 13.9. The summed E-state index contributed by atoms with van der Waals surface area (Å²) in [6, 6.07) is 10.4. The molecule has 0 unspecified atom stereocenters. The third-order valence-corrected chi connectivity index (χ3v) is 7.60. The number of anilines is 2. The van der Waals surface area contributed by atoms with Crippen molar-refractivity contribution in [3.05, 3.63) is 54.7 Å². The Morgan fingerprint density at radius 2 is 1.64 bits per heavy atom. The molecule has 2 saturated heterocycles. The number of aromatic nitrogens is 3. The van der Waals surface area contributed by atoms with Crippen LogP contribution in [0.25, 0.3) is 33.6 Å². The molecule has 0 saturated carbocycles. The summed E-state index contributed by atoms with van der Waals surface area (Å²) < 4.78 is 20.3. The average molecular weight is 531 g/mol. The van der Waals surface area contributed by atoms with E-state index in [9.17, 15) is 14.3 Å². The molecule has 9 nitrogen and oxygen atoms in total. The van der Waals surface area contributed by atoms with E-state index in [0.717, 1.165) is 85.6 Å². The highest BCUT2D eigenvalue weighted by molar-refractivity contribution is 6.06. The molecule has 4 aromatic rings. The van der Waals surface area contributed by atoms with Crippen molar-refractivity contribution in [1.82, 2.24) is 20.3 Å². The van der Waals surface area contributed by atoms with E-state index in [2.05, 4.69) is 25.1 Å². The topological polar surface area (TPSA) is 108 Å². The van der Waals surface area contributed by atoms with Gasteiger partial charge in [-0.15, -0.1) is 0 Å². The molecular weight excluding hydrogens is 499 g/mol. The molecule has 1 aromatic carbocycles. The van der Waals surface area contributed by atoms with Gasteiger partial charge in [0.15, 0.2) is 0 Å². The highest BCUT2D eigenvalue weighted by atomic mass is 19.1. The number of carbonyl (C=O) groups excluding carboxylic acids is 1. The first-order chi connectivity index (χ1) is 19.0. The number of nitrogens with zero attached hydrogens (tertiary/aromatic N) is 5. The standard InChI is InChI=1S/C29H31FN6O3/c1-18(37)34-22-8-12-36(13-9-22)28-26-25(19-2-5-21(30)6-3-19)27(39-29(26)33-17-32-28)20-4-7-24(31-16-20)35-14-10-23(38)11-15-35/h2-7,16-17,22-23,38H,8-15H2,1H3,(H,34,37). The zero-order valence-corrected chi connectivity index (χ0v) is 21.8. The molecule has 2 aliphatic heterocycles. The largest absolute Gasteiger partial charge is 0.437 e. The van der Waals surface area contributed by atoms with E-state index in [-0.39, 0.29) is 23.9 Å². The molecule has 202 valence electrons. The molecule has 39 heavy (non-hydrogen) atoms. The molecule has 1 amide bonds. The summed E-state index contributed by atoms with van der Waals surface area (Å²) in [5, 5.41) is 13.6. The first-order valence-electron chi connectivity index (χ1n) is 13.4. The number of hydrogen-bond acceptors (Lipinski definition) is 8. The molecule has 2 fully saturated rings. The lowest BCUT2D eigenvalue weighted by Gasteiger charge is -2.33. The Kier molecular flexibility index (Phi) is 6.86. The van der Waals surface area contributed by atoms with Crippen LogP contribution in [0.15, 0.2) is 53.3 Å². The second-order valence-corrected chi connectivity index (χ2v) is 10.3. The Balaban J connectivity index is 1.40. The molecule has 0 spiro atoms. The summed E-state index contributed by atoms with van der Waals surface area (Å²) in [6.45, 7) is 4.51. The van der Waals surface area contributed by atoms with E-state index >= 15 is 0 Å². The normalized spacial score (nSPS) is 17.1. The summed E-state index contributed by atoms with van der Waals surface area (Å²) in [7, 11) is 0. The van der Waals surface area contributed by atoms with Gasteiger partial charge < -0.3 is 24.6 Å². The number of hydrogen-bond donors (Lipinski definition) is 2. The number of fused-ring (bicyclic) bond motifs is 1. The second-order valence-electron chi connectivity index (χ2n) is 10.3. The zero-order valence-electron chi connectivity index (χ0n) is 21.8. The van der Waals surface area contributed by atoms with Crippen LogP contribution in [0.5, 0.6) is 0 Å². The fraction of sp³-hybridized carbons (Fsp3) is 0.379. The number of aliphatic hydroxyl groups is 1. The van der Waals surface area contributed by atoms with Crippen molar-refractivity contribution < 1.29 is 18.7 Å². The molecule has 0 atom stereocenters. The Labute approximate surface area is 225 Å². The summed E-state index contributed by atoms with van der Waals surface area (Å²) >= 11 is 0. The van der Waals surface area contributed by atoms with Gasteiger partial charge >= 0.3 is 0 Å². The van der Waals surface area contributed by atoms with Crippen LogP contribution in [0.4, 0.5) is 16.0 Å². The third-order valence-electron chi connectivity index (χ3n) is 7.60. The van der Waals surface area contributed by atoms with Crippen molar-refractivity contribution in [1.29, 1.82) is 0 Å². The number of rotatable bonds is 5. The van der Waals surface area contributed by atoms with Gasteiger partial charge in [0.05, 0.1) is 11.5 Å². The summed E-state index contributed by atoms with van der Waals surface area (Å²) in [4.78, 5) is 29.7. The maximum atomic E-state index is 13.9. The van der Waals surface area contributed by atoms with E-state index < -0.39 is 0 Å². The van der Waals surface area contributed by atoms with Crippen molar-refractivity contribution in [2.45, 2.75) is 44.8 Å². The molecule has 0 aliphatic carbocycles. The van der Waals surface area contributed by atoms with Crippen LogP contribution in [0, 0.1) is 5.82 Å². The number of furan rings is 1. The molecule has 3 aromatic heterocycles. The number of carbonyl (C=O) groups is 1.